The van der Waals surface area contributed by atoms with Gasteiger partial charge in [0.05, 0.1) is 30.5 Å². The molecular formula is C29H25Cl2N3O4. The molecule has 0 bridgehead atoms. The van der Waals surface area contributed by atoms with Gasteiger partial charge < -0.3 is 19.4 Å². The number of hydrogen-bond acceptors (Lipinski definition) is 6. The van der Waals surface area contributed by atoms with E-state index in [0.29, 0.717) is 27.8 Å². The number of rotatable bonds is 9. The Morgan fingerprint density at radius 2 is 1.68 bits per heavy atom. The fourth-order valence-corrected chi connectivity index (χ4v) is 4.21. The average Bonchev–Trinajstić information content (AvgIpc) is 3.32. The van der Waals surface area contributed by atoms with Crippen molar-refractivity contribution in [2.24, 2.45) is 0 Å². The topological polar surface area (TPSA) is 82.5 Å². The Hall–Kier alpha value is -4.07. The maximum Gasteiger partial charge on any atom is 0.337 e. The molecular weight excluding hydrogens is 525 g/mol. The highest BCUT2D eigenvalue weighted by Gasteiger charge is 2.13. The largest absolute Gasteiger partial charge is 0.468 e. The van der Waals surface area contributed by atoms with E-state index in [1.54, 1.807) is 24.3 Å². The number of aromatic nitrogens is 2. The number of ether oxygens (including phenoxy) is 2. The van der Waals surface area contributed by atoms with Gasteiger partial charge in [-0.3, -0.25) is 4.79 Å². The van der Waals surface area contributed by atoms with Crippen LogP contribution in [0.5, 0.6) is 0 Å². The molecule has 1 aromatic heterocycles. The molecule has 194 valence electrons. The van der Waals surface area contributed by atoms with Crippen LogP contribution in [0.4, 0.5) is 5.69 Å². The fourth-order valence-electron chi connectivity index (χ4n) is 3.71. The normalized spacial score (nSPS) is 10.9. The van der Waals surface area contributed by atoms with Crippen LogP contribution in [0.1, 0.15) is 27.3 Å². The average molecular weight is 550 g/mol. The summed E-state index contributed by atoms with van der Waals surface area (Å²) in [4.78, 5) is 27.9. The first kappa shape index (κ1) is 27.0. The number of hydrogen-bond donors (Lipinski definition) is 1. The lowest BCUT2D eigenvalue weighted by molar-refractivity contribution is -0.138. The van der Waals surface area contributed by atoms with Crippen molar-refractivity contribution < 1.29 is 19.1 Å². The molecule has 0 saturated heterocycles. The summed E-state index contributed by atoms with van der Waals surface area (Å²) in [5, 5.41) is 4.07. The predicted molar refractivity (Wildman–Crippen MR) is 150 cm³/mol. The van der Waals surface area contributed by atoms with E-state index in [9.17, 15) is 9.59 Å². The smallest absolute Gasteiger partial charge is 0.337 e. The second-order valence-electron chi connectivity index (χ2n) is 8.31. The molecule has 7 nitrogen and oxygen atoms in total. The lowest BCUT2D eigenvalue weighted by Gasteiger charge is -2.07. The summed E-state index contributed by atoms with van der Waals surface area (Å²) in [6, 6.07) is 20.2. The second kappa shape index (κ2) is 12.4. The van der Waals surface area contributed by atoms with Gasteiger partial charge in [0.1, 0.15) is 12.4 Å². The Balaban J connectivity index is 1.60. The SMILES string of the molecule is COC(=O)CNc1ccc(C=Cc2nc(-c3ccc(Cl)cc3Cl)cn2Cc2ccc(C(=O)OC)cc2)cc1. The molecule has 0 amide bonds. The molecule has 0 saturated carbocycles. The number of imidazole rings is 1. The number of esters is 2. The number of benzene rings is 3. The summed E-state index contributed by atoms with van der Waals surface area (Å²) in [5.74, 6) is 0.00211. The van der Waals surface area contributed by atoms with Crippen LogP contribution < -0.4 is 5.32 Å². The summed E-state index contributed by atoms with van der Waals surface area (Å²) in [6.45, 7) is 0.621. The number of nitrogens with zero attached hydrogens (tertiary/aromatic N) is 2. The van der Waals surface area contributed by atoms with Crippen LogP contribution in [0.2, 0.25) is 10.0 Å². The maximum absolute atomic E-state index is 11.8. The molecule has 9 heteroatoms. The highest BCUT2D eigenvalue weighted by Crippen LogP contribution is 2.30. The van der Waals surface area contributed by atoms with Gasteiger partial charge in [0.25, 0.3) is 0 Å². The van der Waals surface area contributed by atoms with Gasteiger partial charge in [0.2, 0.25) is 0 Å². The van der Waals surface area contributed by atoms with Gasteiger partial charge in [-0.2, -0.15) is 0 Å². The first-order valence-electron chi connectivity index (χ1n) is 11.6. The number of carbonyl (C=O) groups is 2. The molecule has 0 atom stereocenters. The van der Waals surface area contributed by atoms with E-state index in [2.05, 4.69) is 10.1 Å². The van der Waals surface area contributed by atoms with Gasteiger partial charge in [0, 0.05) is 29.0 Å². The van der Waals surface area contributed by atoms with Crippen molar-refractivity contribution in [3.8, 4) is 11.3 Å². The molecule has 3 aromatic carbocycles. The highest BCUT2D eigenvalue weighted by molar-refractivity contribution is 6.36. The van der Waals surface area contributed by atoms with Gasteiger partial charge >= 0.3 is 11.9 Å². The Morgan fingerprint density at radius 3 is 2.34 bits per heavy atom. The minimum atomic E-state index is -0.381. The Kier molecular flexibility index (Phi) is 8.84. The van der Waals surface area contributed by atoms with Crippen molar-refractivity contribution >= 4 is 53.0 Å². The fraction of sp³-hybridized carbons (Fsp3) is 0.138. The zero-order valence-corrected chi connectivity index (χ0v) is 22.3. The number of methoxy groups -OCH3 is 2. The van der Waals surface area contributed by atoms with E-state index in [1.165, 1.54) is 14.2 Å². The number of halogens is 2. The molecule has 0 fully saturated rings. The highest BCUT2D eigenvalue weighted by atomic mass is 35.5. The first-order chi connectivity index (χ1) is 18.4. The van der Waals surface area contributed by atoms with Crippen molar-refractivity contribution in [3.05, 3.63) is 105 Å². The van der Waals surface area contributed by atoms with Gasteiger partial charge in [-0.1, -0.05) is 53.5 Å². The molecule has 38 heavy (non-hydrogen) atoms. The number of anilines is 1. The maximum atomic E-state index is 11.8. The second-order valence-corrected chi connectivity index (χ2v) is 9.15. The van der Waals surface area contributed by atoms with Crippen LogP contribution in [0.25, 0.3) is 23.4 Å². The zero-order chi connectivity index (χ0) is 27.1. The standard InChI is InChI=1S/C29H25Cl2N3O4/c1-37-28(35)16-32-23-11-5-19(6-12-23)7-14-27-33-26(24-13-10-22(30)15-25(24)31)18-34(27)17-20-3-8-21(9-4-20)29(36)38-2/h3-15,18,32H,16-17H2,1-2H3. The van der Waals surface area contributed by atoms with E-state index in [4.69, 9.17) is 32.9 Å². The van der Waals surface area contributed by atoms with Crippen LogP contribution >= 0.6 is 23.2 Å². The third kappa shape index (κ3) is 6.82. The molecule has 0 aliphatic carbocycles. The predicted octanol–water partition coefficient (Wildman–Crippen LogP) is 6.45. The van der Waals surface area contributed by atoms with Crippen LogP contribution in [0, 0.1) is 0 Å². The zero-order valence-electron chi connectivity index (χ0n) is 20.8. The molecule has 4 rings (SSSR count). The number of carbonyl (C=O) groups excluding carboxylic acids is 2. The Morgan fingerprint density at radius 1 is 0.947 bits per heavy atom. The van der Waals surface area contributed by atoms with Gasteiger partial charge in [-0.05, 0) is 59.7 Å². The van der Waals surface area contributed by atoms with Crippen LogP contribution in [-0.2, 0) is 20.8 Å². The lowest BCUT2D eigenvalue weighted by Crippen LogP contribution is -2.14. The molecule has 0 radical (unpaired) electrons. The Labute approximate surface area is 230 Å². The molecule has 0 unspecified atom stereocenters. The van der Waals surface area contributed by atoms with E-state index < -0.39 is 0 Å². The van der Waals surface area contributed by atoms with Crippen molar-refractivity contribution in [2.75, 3.05) is 26.1 Å². The van der Waals surface area contributed by atoms with E-state index in [-0.39, 0.29) is 18.5 Å². The summed E-state index contributed by atoms with van der Waals surface area (Å²) < 4.78 is 11.4. The summed E-state index contributed by atoms with van der Waals surface area (Å²) >= 11 is 12.5. The third-order valence-electron chi connectivity index (χ3n) is 5.74. The van der Waals surface area contributed by atoms with Crippen LogP contribution in [0.15, 0.2) is 72.9 Å². The van der Waals surface area contributed by atoms with Crippen LogP contribution in [0.3, 0.4) is 0 Å². The minimum absolute atomic E-state index is 0.0970. The monoisotopic (exact) mass is 549 g/mol. The lowest BCUT2D eigenvalue weighted by atomic mass is 10.1. The van der Waals surface area contributed by atoms with Crippen molar-refractivity contribution in [1.29, 1.82) is 0 Å². The first-order valence-corrected chi connectivity index (χ1v) is 12.4. The van der Waals surface area contributed by atoms with Crippen LogP contribution in [-0.4, -0.2) is 42.3 Å². The molecule has 1 heterocycles. The third-order valence-corrected chi connectivity index (χ3v) is 6.29. The Bertz CT molecular complexity index is 1460. The van der Waals surface area contributed by atoms with Crippen molar-refractivity contribution in [2.45, 2.75) is 6.54 Å². The molecule has 0 aliphatic heterocycles. The van der Waals surface area contributed by atoms with Crippen molar-refractivity contribution in [1.82, 2.24) is 9.55 Å². The van der Waals surface area contributed by atoms with Gasteiger partial charge in [0.15, 0.2) is 0 Å². The number of nitrogens with one attached hydrogen (secondary N) is 1. The van der Waals surface area contributed by atoms with E-state index >= 15 is 0 Å². The van der Waals surface area contributed by atoms with E-state index in [0.717, 1.165) is 28.2 Å². The minimum Gasteiger partial charge on any atom is -0.468 e. The van der Waals surface area contributed by atoms with Gasteiger partial charge in [-0.25, -0.2) is 9.78 Å². The summed E-state index contributed by atoms with van der Waals surface area (Å²) in [7, 11) is 2.71. The molecule has 1 N–H and O–H groups in total. The summed E-state index contributed by atoms with van der Waals surface area (Å²) in [6.07, 6.45) is 5.81. The molecule has 4 aromatic rings. The van der Waals surface area contributed by atoms with Crippen molar-refractivity contribution in [3.63, 3.8) is 0 Å². The summed E-state index contributed by atoms with van der Waals surface area (Å²) in [5.41, 5.74) is 4.71. The molecule has 0 aliphatic rings. The van der Waals surface area contributed by atoms with Gasteiger partial charge in [-0.15, -0.1) is 0 Å². The van der Waals surface area contributed by atoms with E-state index in [1.807, 2.05) is 65.4 Å². The quantitative estimate of drug-likeness (QED) is 0.241. The molecule has 0 spiro atoms.